The predicted octanol–water partition coefficient (Wildman–Crippen LogP) is 4.65. The minimum absolute atomic E-state index is 0.283. The Morgan fingerprint density at radius 2 is 2.07 bits per heavy atom. The van der Waals surface area contributed by atoms with E-state index in [0.29, 0.717) is 23.1 Å². The van der Waals surface area contributed by atoms with Gasteiger partial charge in [0.1, 0.15) is 11.5 Å². The lowest BCUT2D eigenvalue weighted by atomic mass is 10.0. The maximum absolute atomic E-state index is 12.7. The average Bonchev–Trinajstić information content (AvgIpc) is 3.25. The SMILES string of the molecule is Cc1cc(OCC(=O)OCC(=O)N(Cc2ccco2)C2=CCCCC2)ccc1Cl. The number of carbonyl (C=O) groups excluding carboxylic acids is 2. The number of halogens is 1. The predicted molar refractivity (Wildman–Crippen MR) is 108 cm³/mol. The Balaban J connectivity index is 1.53. The molecule has 1 amide bonds. The maximum Gasteiger partial charge on any atom is 0.344 e. The first-order chi connectivity index (χ1) is 14.0. The van der Waals surface area contributed by atoms with Gasteiger partial charge in [-0.05, 0) is 68.5 Å². The molecule has 1 aromatic carbocycles. The van der Waals surface area contributed by atoms with Gasteiger partial charge in [-0.15, -0.1) is 0 Å². The van der Waals surface area contributed by atoms with E-state index in [1.807, 2.05) is 13.0 Å². The number of hydrogen-bond acceptors (Lipinski definition) is 5. The number of hydrogen-bond donors (Lipinski definition) is 0. The molecule has 0 unspecified atom stereocenters. The van der Waals surface area contributed by atoms with Gasteiger partial charge in [0.05, 0.1) is 12.8 Å². The van der Waals surface area contributed by atoms with Gasteiger partial charge in [0.25, 0.3) is 5.91 Å². The zero-order valence-corrected chi connectivity index (χ0v) is 17.1. The third-order valence-electron chi connectivity index (χ3n) is 4.65. The largest absolute Gasteiger partial charge is 0.482 e. The summed E-state index contributed by atoms with van der Waals surface area (Å²) in [6.07, 6.45) is 7.54. The molecule has 154 valence electrons. The highest BCUT2D eigenvalue weighted by Gasteiger charge is 2.22. The van der Waals surface area contributed by atoms with E-state index in [4.69, 9.17) is 25.5 Å². The zero-order chi connectivity index (χ0) is 20.6. The van der Waals surface area contributed by atoms with Gasteiger partial charge in [-0.2, -0.15) is 0 Å². The normalized spacial score (nSPS) is 13.5. The number of rotatable bonds is 8. The summed E-state index contributed by atoms with van der Waals surface area (Å²) in [6, 6.07) is 8.71. The lowest BCUT2D eigenvalue weighted by molar-refractivity contribution is -0.153. The summed E-state index contributed by atoms with van der Waals surface area (Å²) in [6.45, 7) is 1.53. The second-order valence-electron chi connectivity index (χ2n) is 6.86. The first-order valence-corrected chi connectivity index (χ1v) is 9.97. The molecule has 0 radical (unpaired) electrons. The molecule has 0 aliphatic heterocycles. The van der Waals surface area contributed by atoms with Crippen LogP contribution >= 0.6 is 11.6 Å². The monoisotopic (exact) mass is 417 g/mol. The van der Waals surface area contributed by atoms with E-state index >= 15 is 0 Å². The van der Waals surface area contributed by atoms with Crippen molar-refractivity contribution in [3.05, 3.63) is 64.7 Å². The van der Waals surface area contributed by atoms with Gasteiger partial charge in [0.2, 0.25) is 0 Å². The van der Waals surface area contributed by atoms with Crippen LogP contribution in [0.25, 0.3) is 0 Å². The van der Waals surface area contributed by atoms with Crippen molar-refractivity contribution in [2.75, 3.05) is 13.2 Å². The molecule has 0 saturated heterocycles. The molecule has 0 fully saturated rings. The van der Waals surface area contributed by atoms with Crippen molar-refractivity contribution < 1.29 is 23.5 Å². The van der Waals surface area contributed by atoms with E-state index in [1.54, 1.807) is 35.4 Å². The topological polar surface area (TPSA) is 69.0 Å². The number of ether oxygens (including phenoxy) is 2. The summed E-state index contributed by atoms with van der Waals surface area (Å²) in [5.74, 6) is 0.298. The van der Waals surface area contributed by atoms with Gasteiger partial charge >= 0.3 is 5.97 Å². The average molecular weight is 418 g/mol. The van der Waals surface area contributed by atoms with Crippen LogP contribution in [0.2, 0.25) is 5.02 Å². The minimum Gasteiger partial charge on any atom is -0.482 e. The van der Waals surface area contributed by atoms with E-state index in [0.717, 1.165) is 36.9 Å². The summed E-state index contributed by atoms with van der Waals surface area (Å²) in [5, 5.41) is 0.624. The van der Waals surface area contributed by atoms with Gasteiger partial charge in [0, 0.05) is 10.7 Å². The molecule has 0 atom stereocenters. The lowest BCUT2D eigenvalue weighted by Crippen LogP contribution is -2.34. The fraction of sp³-hybridized carbons (Fsp3) is 0.364. The van der Waals surface area contributed by atoms with E-state index < -0.39 is 5.97 Å². The number of allylic oxidation sites excluding steroid dienone is 2. The molecule has 6 nitrogen and oxygen atoms in total. The van der Waals surface area contributed by atoms with Crippen LogP contribution in [0.3, 0.4) is 0 Å². The van der Waals surface area contributed by atoms with E-state index in [1.165, 1.54) is 0 Å². The van der Waals surface area contributed by atoms with Crippen LogP contribution in [0.5, 0.6) is 5.75 Å². The first kappa shape index (κ1) is 21.0. The van der Waals surface area contributed by atoms with Crippen molar-refractivity contribution >= 4 is 23.5 Å². The van der Waals surface area contributed by atoms with Crippen molar-refractivity contribution in [2.45, 2.75) is 39.2 Å². The fourth-order valence-electron chi connectivity index (χ4n) is 3.09. The molecule has 0 spiro atoms. The summed E-state index contributed by atoms with van der Waals surface area (Å²) >= 11 is 5.97. The molecule has 0 saturated carbocycles. The highest BCUT2D eigenvalue weighted by atomic mass is 35.5. The highest BCUT2D eigenvalue weighted by molar-refractivity contribution is 6.31. The van der Waals surface area contributed by atoms with Gasteiger partial charge in [-0.3, -0.25) is 4.79 Å². The molecule has 7 heteroatoms. The van der Waals surface area contributed by atoms with Crippen molar-refractivity contribution in [3.63, 3.8) is 0 Å². The standard InChI is InChI=1S/C22H24ClNO5/c1-16-12-18(9-10-20(16)23)28-15-22(26)29-14-21(25)24(13-19-8-5-11-27-19)17-6-3-2-4-7-17/h5-6,8-12H,2-4,7,13-15H2,1H3. The van der Waals surface area contributed by atoms with E-state index in [2.05, 4.69) is 6.08 Å². The number of furan rings is 1. The van der Waals surface area contributed by atoms with Crippen LogP contribution in [0.4, 0.5) is 0 Å². The van der Waals surface area contributed by atoms with Crippen molar-refractivity contribution in [3.8, 4) is 5.75 Å². The molecular formula is C22H24ClNO5. The van der Waals surface area contributed by atoms with Crippen LogP contribution in [-0.4, -0.2) is 30.0 Å². The number of benzene rings is 1. The molecule has 2 aromatic rings. The quantitative estimate of drug-likeness (QED) is 0.585. The summed E-state index contributed by atoms with van der Waals surface area (Å²) in [4.78, 5) is 26.4. The molecule has 1 heterocycles. The van der Waals surface area contributed by atoms with Crippen molar-refractivity contribution in [2.24, 2.45) is 0 Å². The highest BCUT2D eigenvalue weighted by Crippen LogP contribution is 2.23. The molecular weight excluding hydrogens is 394 g/mol. The third kappa shape index (κ3) is 6.12. The molecule has 0 N–H and O–H groups in total. The van der Waals surface area contributed by atoms with Gasteiger partial charge in [-0.25, -0.2) is 4.79 Å². The van der Waals surface area contributed by atoms with E-state index in [-0.39, 0.29) is 19.1 Å². The van der Waals surface area contributed by atoms with Gasteiger partial charge in [0.15, 0.2) is 13.2 Å². The van der Waals surface area contributed by atoms with Crippen molar-refractivity contribution in [1.29, 1.82) is 0 Å². The summed E-state index contributed by atoms with van der Waals surface area (Å²) < 4.78 is 15.9. The number of aryl methyl sites for hydroxylation is 1. The van der Waals surface area contributed by atoms with Gasteiger partial charge in [-0.1, -0.05) is 17.7 Å². The lowest BCUT2D eigenvalue weighted by Gasteiger charge is -2.26. The summed E-state index contributed by atoms with van der Waals surface area (Å²) in [5.41, 5.74) is 1.80. The Labute approximate surface area is 175 Å². The second kappa shape index (κ2) is 10.2. The smallest absolute Gasteiger partial charge is 0.344 e. The van der Waals surface area contributed by atoms with Crippen LogP contribution in [0, 0.1) is 6.92 Å². The Bertz CT molecular complexity index is 875. The van der Waals surface area contributed by atoms with Crippen LogP contribution < -0.4 is 4.74 Å². The van der Waals surface area contributed by atoms with Crippen molar-refractivity contribution in [1.82, 2.24) is 4.90 Å². The number of amides is 1. The van der Waals surface area contributed by atoms with Crippen LogP contribution in [-0.2, 0) is 20.9 Å². The number of nitrogens with zero attached hydrogens (tertiary/aromatic N) is 1. The minimum atomic E-state index is -0.610. The van der Waals surface area contributed by atoms with E-state index in [9.17, 15) is 9.59 Å². The molecule has 3 rings (SSSR count). The number of carbonyl (C=O) groups is 2. The Morgan fingerprint density at radius 1 is 1.21 bits per heavy atom. The fourth-order valence-corrected chi connectivity index (χ4v) is 3.20. The van der Waals surface area contributed by atoms with Crippen LogP contribution in [0.1, 0.15) is 37.0 Å². The summed E-state index contributed by atoms with van der Waals surface area (Å²) in [7, 11) is 0. The molecule has 0 bridgehead atoms. The molecule has 29 heavy (non-hydrogen) atoms. The first-order valence-electron chi connectivity index (χ1n) is 9.59. The molecule has 1 aliphatic rings. The Kier molecular flexibility index (Phi) is 7.36. The Morgan fingerprint density at radius 3 is 2.76 bits per heavy atom. The zero-order valence-electron chi connectivity index (χ0n) is 16.4. The molecule has 1 aromatic heterocycles. The third-order valence-corrected chi connectivity index (χ3v) is 5.08. The van der Waals surface area contributed by atoms with Gasteiger partial charge < -0.3 is 18.8 Å². The Hall–Kier alpha value is -2.73. The number of esters is 1. The molecule has 1 aliphatic carbocycles. The maximum atomic E-state index is 12.7. The van der Waals surface area contributed by atoms with Crippen LogP contribution in [0.15, 0.2) is 52.8 Å². The second-order valence-corrected chi connectivity index (χ2v) is 7.27.